The van der Waals surface area contributed by atoms with Gasteiger partial charge in [-0.1, -0.05) is 17.7 Å². The highest BCUT2D eigenvalue weighted by Gasteiger charge is 2.32. The van der Waals surface area contributed by atoms with Gasteiger partial charge >= 0.3 is 0 Å². The van der Waals surface area contributed by atoms with Crippen LogP contribution in [0, 0.1) is 6.92 Å². The molecular weight excluding hydrogens is 348 g/mol. The normalized spacial score (nSPS) is 19.8. The number of nitrogens with zero attached hydrogens (tertiary/aromatic N) is 3. The Morgan fingerprint density at radius 2 is 2.11 bits per heavy atom. The van der Waals surface area contributed by atoms with Crippen molar-refractivity contribution >= 4 is 16.8 Å². The smallest absolute Gasteiger partial charge is 0.255 e. The molecule has 142 valence electrons. The van der Waals surface area contributed by atoms with Crippen LogP contribution in [0.3, 0.4) is 0 Å². The molecular formula is C23H24N4O. The van der Waals surface area contributed by atoms with E-state index in [0.717, 1.165) is 46.4 Å². The molecule has 2 fully saturated rings. The average Bonchev–Trinajstić information content (AvgIpc) is 3.59. The second-order valence-corrected chi connectivity index (χ2v) is 7.89. The number of hydrogen-bond donors (Lipinski definition) is 1. The first-order valence-electron chi connectivity index (χ1n) is 10.0. The maximum atomic E-state index is 13.8. The number of pyridine rings is 2. The van der Waals surface area contributed by atoms with Crippen molar-refractivity contribution in [1.82, 2.24) is 20.2 Å². The molecule has 2 aromatic heterocycles. The number of fused-ring (bicyclic) bond motifs is 1. The molecule has 1 atom stereocenters. The quantitative estimate of drug-likeness (QED) is 0.763. The first kappa shape index (κ1) is 17.3. The molecule has 1 saturated heterocycles. The molecule has 0 bridgehead atoms. The van der Waals surface area contributed by atoms with Crippen molar-refractivity contribution in [2.24, 2.45) is 0 Å². The summed E-state index contributed by atoms with van der Waals surface area (Å²) in [6, 6.07) is 12.2. The Balaban J connectivity index is 1.60. The van der Waals surface area contributed by atoms with Crippen molar-refractivity contribution in [3.05, 3.63) is 71.2 Å². The van der Waals surface area contributed by atoms with Crippen LogP contribution in [-0.4, -0.2) is 40.4 Å². The number of benzene rings is 1. The summed E-state index contributed by atoms with van der Waals surface area (Å²) in [5.74, 6) is 0.602. The van der Waals surface area contributed by atoms with Crippen LogP contribution in [-0.2, 0) is 0 Å². The maximum absolute atomic E-state index is 13.8. The first-order valence-corrected chi connectivity index (χ1v) is 10.0. The lowest BCUT2D eigenvalue weighted by Crippen LogP contribution is -2.48. The molecule has 0 radical (unpaired) electrons. The molecule has 3 aromatic rings. The van der Waals surface area contributed by atoms with Crippen LogP contribution < -0.4 is 5.32 Å². The van der Waals surface area contributed by atoms with Crippen LogP contribution in [0.5, 0.6) is 0 Å². The molecule has 1 N–H and O–H groups in total. The highest BCUT2D eigenvalue weighted by atomic mass is 16.2. The molecule has 5 nitrogen and oxygen atoms in total. The predicted octanol–water partition coefficient (Wildman–Crippen LogP) is 3.60. The third-order valence-corrected chi connectivity index (χ3v) is 5.78. The van der Waals surface area contributed by atoms with Gasteiger partial charge in [-0.3, -0.25) is 14.8 Å². The van der Waals surface area contributed by atoms with Gasteiger partial charge in [0, 0.05) is 49.0 Å². The minimum Gasteiger partial charge on any atom is -0.329 e. The zero-order chi connectivity index (χ0) is 19.1. The number of nitrogens with one attached hydrogen (secondary N) is 1. The average molecular weight is 372 g/mol. The van der Waals surface area contributed by atoms with Gasteiger partial charge < -0.3 is 10.2 Å². The highest BCUT2D eigenvalue weighted by molar-refractivity contribution is 6.06. The van der Waals surface area contributed by atoms with E-state index in [1.54, 1.807) is 6.20 Å². The summed E-state index contributed by atoms with van der Waals surface area (Å²) in [5, 5.41) is 4.38. The van der Waals surface area contributed by atoms with E-state index in [2.05, 4.69) is 35.4 Å². The Labute approximate surface area is 164 Å². The summed E-state index contributed by atoms with van der Waals surface area (Å²) in [5.41, 5.74) is 4.98. The number of piperazine rings is 1. The van der Waals surface area contributed by atoms with Crippen LogP contribution in [0.15, 0.2) is 48.8 Å². The minimum atomic E-state index is -0.00708. The van der Waals surface area contributed by atoms with E-state index < -0.39 is 0 Å². The van der Waals surface area contributed by atoms with Gasteiger partial charge in [-0.05, 0) is 49.6 Å². The van der Waals surface area contributed by atoms with Crippen molar-refractivity contribution < 1.29 is 4.79 Å². The zero-order valence-corrected chi connectivity index (χ0v) is 16.1. The standard InChI is InChI=1S/C23H24N4O/c1-15-4-7-20-18(11-15)19(12-21(26-20)16-5-6-16)23(28)27-10-9-25-14-22(27)17-3-2-8-24-13-17/h2-4,7-8,11-13,16,22,25H,5-6,9-10,14H2,1H3. The molecule has 3 heterocycles. The van der Waals surface area contributed by atoms with Gasteiger partial charge in [0.2, 0.25) is 0 Å². The predicted molar refractivity (Wildman–Crippen MR) is 109 cm³/mol. The molecule has 1 amide bonds. The Kier molecular flexibility index (Phi) is 4.32. The molecule has 1 saturated carbocycles. The molecule has 1 aromatic carbocycles. The number of hydrogen-bond acceptors (Lipinski definition) is 4. The molecule has 5 heteroatoms. The summed E-state index contributed by atoms with van der Waals surface area (Å²) in [6.45, 7) is 4.30. The second kappa shape index (κ2) is 6.99. The summed E-state index contributed by atoms with van der Waals surface area (Å²) >= 11 is 0. The van der Waals surface area contributed by atoms with E-state index >= 15 is 0 Å². The largest absolute Gasteiger partial charge is 0.329 e. The van der Waals surface area contributed by atoms with Gasteiger partial charge in [-0.25, -0.2) is 0 Å². The van der Waals surface area contributed by atoms with E-state index in [1.165, 1.54) is 12.8 Å². The third-order valence-electron chi connectivity index (χ3n) is 5.78. The molecule has 2 aliphatic rings. The van der Waals surface area contributed by atoms with Crippen LogP contribution in [0.1, 0.15) is 52.0 Å². The number of aromatic nitrogens is 2. The Hall–Kier alpha value is -2.79. The van der Waals surface area contributed by atoms with Gasteiger partial charge in [0.05, 0.1) is 17.1 Å². The fourth-order valence-electron chi connectivity index (χ4n) is 4.10. The Morgan fingerprint density at radius 1 is 1.21 bits per heavy atom. The summed E-state index contributed by atoms with van der Waals surface area (Å²) < 4.78 is 0. The van der Waals surface area contributed by atoms with E-state index in [-0.39, 0.29) is 11.9 Å². The maximum Gasteiger partial charge on any atom is 0.255 e. The third kappa shape index (κ3) is 3.16. The number of amides is 1. The van der Waals surface area contributed by atoms with E-state index in [1.807, 2.05) is 29.3 Å². The van der Waals surface area contributed by atoms with Crippen molar-refractivity contribution in [2.75, 3.05) is 19.6 Å². The zero-order valence-electron chi connectivity index (χ0n) is 16.1. The van der Waals surface area contributed by atoms with Crippen LogP contribution in [0.4, 0.5) is 0 Å². The fourth-order valence-corrected chi connectivity index (χ4v) is 4.10. The monoisotopic (exact) mass is 372 g/mol. The van der Waals surface area contributed by atoms with Crippen molar-refractivity contribution in [2.45, 2.75) is 31.7 Å². The Bertz CT molecular complexity index is 1030. The summed E-state index contributed by atoms with van der Waals surface area (Å²) in [6.07, 6.45) is 5.98. The van der Waals surface area contributed by atoms with Crippen LogP contribution in [0.25, 0.3) is 10.9 Å². The van der Waals surface area contributed by atoms with E-state index in [0.29, 0.717) is 12.5 Å². The molecule has 1 aliphatic heterocycles. The summed E-state index contributed by atoms with van der Waals surface area (Å²) in [4.78, 5) is 24.9. The number of aryl methyl sites for hydroxylation is 1. The van der Waals surface area contributed by atoms with Gasteiger partial charge in [0.1, 0.15) is 0 Å². The number of carbonyl (C=O) groups is 1. The van der Waals surface area contributed by atoms with Gasteiger partial charge in [0.15, 0.2) is 0 Å². The summed E-state index contributed by atoms with van der Waals surface area (Å²) in [7, 11) is 0. The van der Waals surface area contributed by atoms with Crippen LogP contribution in [0.2, 0.25) is 0 Å². The second-order valence-electron chi connectivity index (χ2n) is 7.89. The lowest BCUT2D eigenvalue weighted by atomic mass is 10.00. The van der Waals surface area contributed by atoms with Crippen molar-refractivity contribution in [1.29, 1.82) is 0 Å². The van der Waals surface area contributed by atoms with Crippen molar-refractivity contribution in [3.63, 3.8) is 0 Å². The SMILES string of the molecule is Cc1ccc2nc(C3CC3)cc(C(=O)N3CCNCC3c3cccnc3)c2c1. The van der Waals surface area contributed by atoms with Gasteiger partial charge in [-0.15, -0.1) is 0 Å². The molecule has 28 heavy (non-hydrogen) atoms. The lowest BCUT2D eigenvalue weighted by molar-refractivity contribution is 0.0636. The lowest BCUT2D eigenvalue weighted by Gasteiger charge is -2.36. The topological polar surface area (TPSA) is 58.1 Å². The molecule has 1 aliphatic carbocycles. The highest BCUT2D eigenvalue weighted by Crippen LogP contribution is 2.40. The molecule has 5 rings (SSSR count). The van der Waals surface area contributed by atoms with E-state index in [9.17, 15) is 4.79 Å². The number of carbonyl (C=O) groups excluding carboxylic acids is 1. The van der Waals surface area contributed by atoms with E-state index in [4.69, 9.17) is 4.98 Å². The van der Waals surface area contributed by atoms with Gasteiger partial charge in [0.25, 0.3) is 5.91 Å². The van der Waals surface area contributed by atoms with Crippen LogP contribution >= 0.6 is 0 Å². The minimum absolute atomic E-state index is 0.00708. The van der Waals surface area contributed by atoms with Gasteiger partial charge in [-0.2, -0.15) is 0 Å². The first-order chi connectivity index (χ1) is 13.7. The van der Waals surface area contributed by atoms with Crippen molar-refractivity contribution in [3.8, 4) is 0 Å². The number of rotatable bonds is 3. The fraction of sp³-hybridized carbons (Fsp3) is 0.348. The molecule has 1 unspecified atom stereocenters. The Morgan fingerprint density at radius 3 is 2.89 bits per heavy atom. The molecule has 0 spiro atoms.